The molecule has 1 rings (SSSR count). The van der Waals surface area contributed by atoms with E-state index in [1.165, 1.54) is 4.88 Å². The van der Waals surface area contributed by atoms with E-state index < -0.39 is 0 Å². The van der Waals surface area contributed by atoms with Gasteiger partial charge in [0.1, 0.15) is 0 Å². The van der Waals surface area contributed by atoms with Gasteiger partial charge < -0.3 is 10.5 Å². The second-order valence-corrected chi connectivity index (χ2v) is 7.34. The number of likely N-dealkylation sites (N-methyl/N-ethyl adjacent to an activating group) is 1. The highest BCUT2D eigenvalue weighted by molar-refractivity contribution is 9.11. The van der Waals surface area contributed by atoms with Crippen LogP contribution in [0.25, 0.3) is 0 Å². The van der Waals surface area contributed by atoms with Gasteiger partial charge in [0.15, 0.2) is 0 Å². The van der Waals surface area contributed by atoms with Crippen molar-refractivity contribution in [1.29, 1.82) is 0 Å². The molecule has 0 bridgehead atoms. The fourth-order valence-corrected chi connectivity index (χ4v) is 3.64. The first-order chi connectivity index (χ1) is 8.41. The zero-order valence-electron chi connectivity index (χ0n) is 11.5. The SMILES string of the molecule is CC(C)OCCN(C)C(c1ccc(Br)s1)C(C)N. The second kappa shape index (κ2) is 7.60. The van der Waals surface area contributed by atoms with Gasteiger partial charge in [-0.25, -0.2) is 0 Å². The summed E-state index contributed by atoms with van der Waals surface area (Å²) in [6, 6.07) is 4.56. The van der Waals surface area contributed by atoms with Crippen molar-refractivity contribution in [2.75, 3.05) is 20.2 Å². The van der Waals surface area contributed by atoms with Crippen molar-refractivity contribution in [3.8, 4) is 0 Å². The fourth-order valence-electron chi connectivity index (χ4n) is 1.94. The van der Waals surface area contributed by atoms with Crippen molar-refractivity contribution in [3.63, 3.8) is 0 Å². The molecule has 0 saturated carbocycles. The van der Waals surface area contributed by atoms with Crippen LogP contribution in [0.3, 0.4) is 0 Å². The number of hydrogen-bond donors (Lipinski definition) is 1. The van der Waals surface area contributed by atoms with E-state index in [1.54, 1.807) is 11.3 Å². The van der Waals surface area contributed by atoms with E-state index in [0.29, 0.717) is 0 Å². The van der Waals surface area contributed by atoms with Gasteiger partial charge in [-0.2, -0.15) is 0 Å². The van der Waals surface area contributed by atoms with Gasteiger partial charge in [0.25, 0.3) is 0 Å². The number of hydrogen-bond acceptors (Lipinski definition) is 4. The third-order valence-electron chi connectivity index (χ3n) is 2.75. The molecular formula is C13H23BrN2OS. The monoisotopic (exact) mass is 334 g/mol. The Morgan fingerprint density at radius 3 is 2.50 bits per heavy atom. The average molecular weight is 335 g/mol. The van der Waals surface area contributed by atoms with E-state index in [2.05, 4.69) is 60.8 Å². The van der Waals surface area contributed by atoms with Crippen molar-refractivity contribution in [2.45, 2.75) is 39.0 Å². The molecule has 1 heterocycles. The van der Waals surface area contributed by atoms with Crippen LogP contribution in [0, 0.1) is 0 Å². The van der Waals surface area contributed by atoms with Gasteiger partial charge in [-0.3, -0.25) is 4.90 Å². The first-order valence-electron chi connectivity index (χ1n) is 6.24. The van der Waals surface area contributed by atoms with Crippen LogP contribution >= 0.6 is 27.3 Å². The molecule has 1 aromatic rings. The third-order valence-corrected chi connectivity index (χ3v) is 4.45. The summed E-state index contributed by atoms with van der Waals surface area (Å²) in [6.07, 6.45) is 0.281. The van der Waals surface area contributed by atoms with Crippen LogP contribution in [0.1, 0.15) is 31.7 Å². The third kappa shape index (κ3) is 4.97. The summed E-state index contributed by atoms with van der Waals surface area (Å²) >= 11 is 5.25. The van der Waals surface area contributed by atoms with Crippen LogP contribution in [0.2, 0.25) is 0 Å². The zero-order chi connectivity index (χ0) is 13.7. The Kier molecular flexibility index (Phi) is 6.81. The molecule has 104 valence electrons. The van der Waals surface area contributed by atoms with E-state index in [1.807, 2.05) is 0 Å². The lowest BCUT2D eigenvalue weighted by Crippen LogP contribution is -2.38. The van der Waals surface area contributed by atoms with Gasteiger partial charge in [0, 0.05) is 17.5 Å². The first-order valence-corrected chi connectivity index (χ1v) is 7.85. The van der Waals surface area contributed by atoms with E-state index in [9.17, 15) is 0 Å². The highest BCUT2D eigenvalue weighted by Gasteiger charge is 2.22. The molecule has 3 nitrogen and oxygen atoms in total. The minimum atomic E-state index is 0.0969. The zero-order valence-corrected chi connectivity index (χ0v) is 13.9. The Morgan fingerprint density at radius 1 is 1.39 bits per heavy atom. The quantitative estimate of drug-likeness (QED) is 0.831. The number of nitrogens with zero attached hydrogens (tertiary/aromatic N) is 1. The topological polar surface area (TPSA) is 38.5 Å². The van der Waals surface area contributed by atoms with Gasteiger partial charge >= 0.3 is 0 Å². The molecule has 2 atom stereocenters. The number of ether oxygens (including phenoxy) is 1. The van der Waals surface area contributed by atoms with E-state index in [-0.39, 0.29) is 18.2 Å². The smallest absolute Gasteiger partial charge is 0.0702 e. The maximum Gasteiger partial charge on any atom is 0.0702 e. The van der Waals surface area contributed by atoms with Gasteiger partial charge in [-0.15, -0.1) is 11.3 Å². The molecule has 0 aliphatic rings. The Hall–Kier alpha value is 0.0600. The summed E-state index contributed by atoms with van der Waals surface area (Å²) in [6.45, 7) is 7.79. The molecule has 5 heteroatoms. The van der Waals surface area contributed by atoms with Crippen LogP contribution in [-0.2, 0) is 4.74 Å². The molecule has 0 radical (unpaired) electrons. The predicted molar refractivity (Wildman–Crippen MR) is 82.1 cm³/mol. The standard InChI is InChI=1S/C13H23BrN2OS/c1-9(2)17-8-7-16(4)13(10(3)15)11-5-6-12(14)18-11/h5-6,9-10,13H,7-8,15H2,1-4H3. The van der Waals surface area contributed by atoms with E-state index in [4.69, 9.17) is 10.5 Å². The summed E-state index contributed by atoms with van der Waals surface area (Å²) in [4.78, 5) is 3.56. The second-order valence-electron chi connectivity index (χ2n) is 4.85. The molecule has 0 saturated heterocycles. The molecular weight excluding hydrogens is 312 g/mol. The number of thiophene rings is 1. The number of halogens is 1. The highest BCUT2D eigenvalue weighted by Crippen LogP contribution is 2.31. The van der Waals surface area contributed by atoms with Crippen molar-refractivity contribution in [3.05, 3.63) is 20.8 Å². The number of nitrogens with two attached hydrogens (primary N) is 1. The average Bonchev–Trinajstić information content (AvgIpc) is 2.63. The van der Waals surface area contributed by atoms with Crippen LogP contribution in [-0.4, -0.2) is 37.2 Å². The normalized spacial score (nSPS) is 15.3. The molecule has 0 aromatic carbocycles. The molecule has 2 unspecified atom stereocenters. The predicted octanol–water partition coefficient (Wildman–Crippen LogP) is 3.26. The lowest BCUT2D eigenvalue weighted by Gasteiger charge is -2.30. The number of rotatable bonds is 7. The van der Waals surface area contributed by atoms with Crippen molar-refractivity contribution in [2.24, 2.45) is 5.73 Å². The fraction of sp³-hybridized carbons (Fsp3) is 0.692. The summed E-state index contributed by atoms with van der Waals surface area (Å²) < 4.78 is 6.74. The van der Waals surface area contributed by atoms with Crippen LogP contribution in [0.15, 0.2) is 15.9 Å². The van der Waals surface area contributed by atoms with Crippen LogP contribution < -0.4 is 5.73 Å². The van der Waals surface area contributed by atoms with E-state index >= 15 is 0 Å². The van der Waals surface area contributed by atoms with Crippen molar-refractivity contribution >= 4 is 27.3 Å². The molecule has 0 amide bonds. The lowest BCUT2D eigenvalue weighted by atomic mass is 10.1. The molecule has 0 spiro atoms. The van der Waals surface area contributed by atoms with Gasteiger partial charge in [-0.1, -0.05) is 0 Å². The van der Waals surface area contributed by atoms with Crippen molar-refractivity contribution in [1.82, 2.24) is 4.90 Å². The Bertz CT molecular complexity index is 355. The largest absolute Gasteiger partial charge is 0.377 e. The Balaban J connectivity index is 2.61. The van der Waals surface area contributed by atoms with Crippen LogP contribution in [0.5, 0.6) is 0 Å². The Morgan fingerprint density at radius 2 is 2.06 bits per heavy atom. The summed E-state index contributed by atoms with van der Waals surface area (Å²) in [5.74, 6) is 0. The Labute approximate surface area is 122 Å². The molecule has 0 aliphatic heterocycles. The summed E-state index contributed by atoms with van der Waals surface area (Å²) in [5, 5.41) is 0. The lowest BCUT2D eigenvalue weighted by molar-refractivity contribution is 0.0539. The molecule has 0 aliphatic carbocycles. The molecule has 0 fully saturated rings. The summed E-state index contributed by atoms with van der Waals surface area (Å²) in [5.41, 5.74) is 6.12. The maximum absolute atomic E-state index is 6.12. The summed E-state index contributed by atoms with van der Waals surface area (Å²) in [7, 11) is 2.10. The van der Waals surface area contributed by atoms with Crippen LogP contribution in [0.4, 0.5) is 0 Å². The van der Waals surface area contributed by atoms with Gasteiger partial charge in [-0.05, 0) is 55.9 Å². The van der Waals surface area contributed by atoms with E-state index in [0.717, 1.165) is 16.9 Å². The molecule has 1 aromatic heterocycles. The first kappa shape index (κ1) is 16.1. The molecule has 2 N–H and O–H groups in total. The van der Waals surface area contributed by atoms with Gasteiger partial charge in [0.05, 0.1) is 22.5 Å². The highest BCUT2D eigenvalue weighted by atomic mass is 79.9. The molecule has 18 heavy (non-hydrogen) atoms. The minimum Gasteiger partial charge on any atom is -0.377 e. The van der Waals surface area contributed by atoms with Gasteiger partial charge in [0.2, 0.25) is 0 Å². The van der Waals surface area contributed by atoms with Crippen molar-refractivity contribution < 1.29 is 4.74 Å². The minimum absolute atomic E-state index is 0.0969. The maximum atomic E-state index is 6.12.